The second-order valence-corrected chi connectivity index (χ2v) is 5.36. The van der Waals surface area contributed by atoms with Crippen molar-refractivity contribution in [1.82, 2.24) is 0 Å². The third-order valence-electron chi connectivity index (χ3n) is 3.05. The highest BCUT2D eigenvalue weighted by Crippen LogP contribution is 2.29. The molecular weight excluding hydrogens is 297 g/mol. The molecule has 0 saturated carbocycles. The van der Waals surface area contributed by atoms with E-state index in [0.29, 0.717) is 17.2 Å². The van der Waals surface area contributed by atoms with Crippen LogP contribution in [0.15, 0.2) is 16.6 Å². The Hall–Kier alpha value is -1.10. The van der Waals surface area contributed by atoms with E-state index in [1.54, 1.807) is 12.1 Å². The zero-order chi connectivity index (χ0) is 13.9. The molecule has 1 unspecified atom stereocenters. The SMILES string of the molecule is CCC(C)CN(C)c1ccc(C(=N)N)c(Br)c1F. The molecule has 0 aliphatic rings. The first kappa shape index (κ1) is 15.0. The van der Waals surface area contributed by atoms with Gasteiger partial charge in [-0.3, -0.25) is 5.41 Å². The number of nitrogens with zero attached hydrogens (tertiary/aromatic N) is 1. The lowest BCUT2D eigenvalue weighted by molar-refractivity contribution is 0.549. The topological polar surface area (TPSA) is 53.1 Å². The molecule has 0 radical (unpaired) electrons. The Morgan fingerprint density at radius 3 is 2.67 bits per heavy atom. The summed E-state index contributed by atoms with van der Waals surface area (Å²) in [6, 6.07) is 3.33. The van der Waals surface area contributed by atoms with Crippen LogP contribution in [0.2, 0.25) is 0 Å². The van der Waals surface area contributed by atoms with Crippen LogP contribution in [0, 0.1) is 17.1 Å². The van der Waals surface area contributed by atoms with Crippen molar-refractivity contribution in [2.45, 2.75) is 20.3 Å². The lowest BCUT2D eigenvalue weighted by Crippen LogP contribution is -2.25. The largest absolute Gasteiger partial charge is 0.384 e. The Labute approximate surface area is 116 Å². The Bertz CT molecular complexity index is 448. The van der Waals surface area contributed by atoms with Gasteiger partial charge in [-0.05, 0) is 34.0 Å². The molecule has 0 spiro atoms. The quantitative estimate of drug-likeness (QED) is 0.646. The average molecular weight is 316 g/mol. The van der Waals surface area contributed by atoms with Gasteiger partial charge in [0.25, 0.3) is 0 Å². The third kappa shape index (κ3) is 3.22. The van der Waals surface area contributed by atoms with Crippen molar-refractivity contribution >= 4 is 27.5 Å². The van der Waals surface area contributed by atoms with Gasteiger partial charge < -0.3 is 10.6 Å². The maximum Gasteiger partial charge on any atom is 0.161 e. The molecule has 0 fully saturated rings. The summed E-state index contributed by atoms with van der Waals surface area (Å²) in [5.41, 5.74) is 6.29. The number of halogens is 2. The molecule has 0 heterocycles. The number of hydrogen-bond donors (Lipinski definition) is 2. The lowest BCUT2D eigenvalue weighted by Gasteiger charge is -2.24. The van der Waals surface area contributed by atoms with Crippen LogP contribution in [0.4, 0.5) is 10.1 Å². The molecule has 0 saturated heterocycles. The summed E-state index contributed by atoms with van der Waals surface area (Å²) in [6.07, 6.45) is 1.05. The van der Waals surface area contributed by atoms with Crippen molar-refractivity contribution in [2.24, 2.45) is 11.7 Å². The van der Waals surface area contributed by atoms with E-state index in [1.807, 2.05) is 11.9 Å². The Morgan fingerprint density at radius 1 is 1.56 bits per heavy atom. The lowest BCUT2D eigenvalue weighted by atomic mass is 10.1. The minimum absolute atomic E-state index is 0.142. The van der Waals surface area contributed by atoms with E-state index in [1.165, 1.54) is 0 Å². The molecule has 1 rings (SSSR count). The molecule has 3 N–H and O–H groups in total. The van der Waals surface area contributed by atoms with E-state index in [-0.39, 0.29) is 16.1 Å². The Morgan fingerprint density at radius 2 is 2.17 bits per heavy atom. The predicted molar refractivity (Wildman–Crippen MR) is 77.8 cm³/mol. The fraction of sp³-hybridized carbons (Fsp3) is 0.462. The maximum atomic E-state index is 14.2. The fourth-order valence-corrected chi connectivity index (χ4v) is 2.29. The molecule has 100 valence electrons. The highest BCUT2D eigenvalue weighted by Gasteiger charge is 2.16. The van der Waals surface area contributed by atoms with E-state index in [4.69, 9.17) is 11.1 Å². The molecule has 5 heteroatoms. The van der Waals surface area contributed by atoms with Gasteiger partial charge in [0, 0.05) is 19.2 Å². The molecule has 0 aliphatic carbocycles. The second-order valence-electron chi connectivity index (χ2n) is 4.57. The highest BCUT2D eigenvalue weighted by atomic mass is 79.9. The van der Waals surface area contributed by atoms with E-state index in [0.717, 1.165) is 13.0 Å². The van der Waals surface area contributed by atoms with E-state index in [9.17, 15) is 4.39 Å². The van der Waals surface area contributed by atoms with Crippen LogP contribution in [-0.2, 0) is 0 Å². The van der Waals surface area contributed by atoms with Crippen LogP contribution >= 0.6 is 15.9 Å². The number of nitrogens with one attached hydrogen (secondary N) is 1. The maximum absolute atomic E-state index is 14.2. The third-order valence-corrected chi connectivity index (χ3v) is 3.82. The van der Waals surface area contributed by atoms with Crippen molar-refractivity contribution in [1.29, 1.82) is 5.41 Å². The van der Waals surface area contributed by atoms with Crippen molar-refractivity contribution in [2.75, 3.05) is 18.5 Å². The Balaban J connectivity index is 3.05. The summed E-state index contributed by atoms with van der Waals surface area (Å²) in [6.45, 7) is 5.04. The van der Waals surface area contributed by atoms with Gasteiger partial charge in [-0.25, -0.2) is 4.39 Å². The van der Waals surface area contributed by atoms with E-state index in [2.05, 4.69) is 29.8 Å². The van der Waals surface area contributed by atoms with E-state index < -0.39 is 0 Å². The number of benzene rings is 1. The number of rotatable bonds is 5. The van der Waals surface area contributed by atoms with Crippen LogP contribution in [0.3, 0.4) is 0 Å². The minimum atomic E-state index is -0.367. The molecule has 1 aromatic carbocycles. The summed E-state index contributed by atoms with van der Waals surface area (Å²) >= 11 is 3.16. The zero-order valence-corrected chi connectivity index (χ0v) is 12.5. The molecule has 0 bridgehead atoms. The number of hydrogen-bond acceptors (Lipinski definition) is 2. The van der Waals surface area contributed by atoms with Gasteiger partial charge in [0.05, 0.1) is 10.2 Å². The summed E-state index contributed by atoms with van der Waals surface area (Å²) in [5.74, 6) is -0.00827. The number of anilines is 1. The summed E-state index contributed by atoms with van der Waals surface area (Å²) in [7, 11) is 1.87. The number of nitrogens with two attached hydrogens (primary N) is 1. The van der Waals surface area contributed by atoms with Crippen LogP contribution in [0.5, 0.6) is 0 Å². The van der Waals surface area contributed by atoms with Crippen molar-refractivity contribution < 1.29 is 4.39 Å². The standard InChI is InChI=1S/C13H19BrFN3/c1-4-8(2)7-18(3)10-6-5-9(13(16)17)11(14)12(10)15/h5-6,8H,4,7H2,1-3H3,(H3,16,17). The van der Waals surface area contributed by atoms with Gasteiger partial charge in [0.2, 0.25) is 0 Å². The van der Waals surface area contributed by atoms with Gasteiger partial charge in [-0.1, -0.05) is 20.3 Å². The van der Waals surface area contributed by atoms with Crippen LogP contribution in [0.1, 0.15) is 25.8 Å². The van der Waals surface area contributed by atoms with Gasteiger partial charge in [-0.15, -0.1) is 0 Å². The van der Waals surface area contributed by atoms with Crippen molar-refractivity contribution in [3.8, 4) is 0 Å². The van der Waals surface area contributed by atoms with Crippen molar-refractivity contribution in [3.63, 3.8) is 0 Å². The first-order valence-corrected chi connectivity index (χ1v) is 6.71. The second kappa shape index (κ2) is 6.18. The summed E-state index contributed by atoms with van der Waals surface area (Å²) in [4.78, 5) is 1.89. The molecule has 0 aromatic heterocycles. The van der Waals surface area contributed by atoms with Gasteiger partial charge in [0.1, 0.15) is 5.84 Å². The number of nitrogen functional groups attached to an aromatic ring is 1. The normalized spacial score (nSPS) is 12.3. The van der Waals surface area contributed by atoms with Crippen molar-refractivity contribution in [3.05, 3.63) is 28.0 Å². The number of amidine groups is 1. The first-order valence-electron chi connectivity index (χ1n) is 5.92. The zero-order valence-electron chi connectivity index (χ0n) is 10.9. The van der Waals surface area contributed by atoms with Crippen LogP contribution in [-0.4, -0.2) is 19.4 Å². The van der Waals surface area contributed by atoms with Gasteiger partial charge in [0.15, 0.2) is 5.82 Å². The molecular formula is C13H19BrFN3. The first-order chi connectivity index (χ1) is 8.38. The predicted octanol–water partition coefficient (Wildman–Crippen LogP) is 3.35. The summed E-state index contributed by atoms with van der Waals surface area (Å²) < 4.78 is 14.4. The minimum Gasteiger partial charge on any atom is -0.384 e. The average Bonchev–Trinajstić information content (AvgIpc) is 2.31. The summed E-state index contributed by atoms with van der Waals surface area (Å²) in [5, 5.41) is 7.36. The van der Waals surface area contributed by atoms with Crippen LogP contribution in [0.25, 0.3) is 0 Å². The monoisotopic (exact) mass is 315 g/mol. The highest BCUT2D eigenvalue weighted by molar-refractivity contribution is 9.10. The molecule has 1 aromatic rings. The smallest absolute Gasteiger partial charge is 0.161 e. The molecule has 18 heavy (non-hydrogen) atoms. The molecule has 1 atom stereocenters. The Kier molecular flexibility index (Phi) is 5.14. The van der Waals surface area contributed by atoms with Gasteiger partial charge in [-0.2, -0.15) is 0 Å². The van der Waals surface area contributed by atoms with Gasteiger partial charge >= 0.3 is 0 Å². The molecule has 0 aliphatic heterocycles. The molecule has 3 nitrogen and oxygen atoms in total. The fourth-order valence-electron chi connectivity index (χ4n) is 1.74. The van der Waals surface area contributed by atoms with E-state index >= 15 is 0 Å². The molecule has 0 amide bonds. The van der Waals surface area contributed by atoms with Crippen LogP contribution < -0.4 is 10.6 Å².